The van der Waals surface area contributed by atoms with Gasteiger partial charge in [0.1, 0.15) is 5.82 Å². The van der Waals surface area contributed by atoms with E-state index in [-0.39, 0.29) is 5.91 Å². The third-order valence-electron chi connectivity index (χ3n) is 4.88. The first-order valence-corrected chi connectivity index (χ1v) is 9.57. The maximum absolute atomic E-state index is 13.1. The molecule has 4 heterocycles. The van der Waals surface area contributed by atoms with E-state index in [9.17, 15) is 9.59 Å². The Balaban J connectivity index is 1.62. The van der Waals surface area contributed by atoms with E-state index in [4.69, 9.17) is 4.74 Å². The zero-order valence-electron chi connectivity index (χ0n) is 17.6. The van der Waals surface area contributed by atoms with Crippen molar-refractivity contribution in [2.45, 2.75) is 0 Å². The molecule has 1 N–H and O–H groups in total. The Morgan fingerprint density at radius 1 is 1.03 bits per heavy atom. The Labute approximate surface area is 183 Å². The van der Waals surface area contributed by atoms with Crippen LogP contribution in [0, 0.1) is 0 Å². The molecule has 0 saturated carbocycles. The Bertz CT molecular complexity index is 1270. The van der Waals surface area contributed by atoms with Gasteiger partial charge in [0.25, 0.3) is 5.91 Å². The molecule has 0 fully saturated rings. The molecule has 4 aromatic heterocycles. The minimum atomic E-state index is -0.597. The molecule has 0 aromatic carbocycles. The molecule has 0 radical (unpaired) electrons. The van der Waals surface area contributed by atoms with Gasteiger partial charge >= 0.3 is 6.09 Å². The number of hydrogen-bond donors (Lipinski definition) is 1. The number of fused-ring (bicyclic) bond motifs is 1. The zero-order valence-corrected chi connectivity index (χ0v) is 17.6. The molecule has 0 atom stereocenters. The molecule has 32 heavy (non-hydrogen) atoms. The van der Waals surface area contributed by atoms with Crippen molar-refractivity contribution < 1.29 is 19.1 Å². The summed E-state index contributed by atoms with van der Waals surface area (Å²) in [7, 11) is 4.50. The highest BCUT2D eigenvalue weighted by molar-refractivity contribution is 6.06. The van der Waals surface area contributed by atoms with E-state index in [2.05, 4.69) is 25.1 Å². The second kappa shape index (κ2) is 8.72. The molecule has 4 rings (SSSR count). The number of carbonyl (C=O) groups is 2. The molecule has 0 saturated heterocycles. The average Bonchev–Trinajstić information content (AvgIpc) is 3.27. The number of rotatable bonds is 5. The lowest BCUT2D eigenvalue weighted by molar-refractivity contribution is 0.0993. The monoisotopic (exact) mass is 432 g/mol. The quantitative estimate of drug-likeness (QED) is 0.515. The lowest BCUT2D eigenvalue weighted by Crippen LogP contribution is -2.26. The smallest absolute Gasteiger partial charge is 0.412 e. The van der Waals surface area contributed by atoms with Crippen molar-refractivity contribution in [1.29, 1.82) is 0 Å². The lowest BCUT2D eigenvalue weighted by atomic mass is 10.1. The fraction of sp³-hybridized carbons (Fsp3) is 0.136. The van der Waals surface area contributed by atoms with Gasteiger partial charge in [0.2, 0.25) is 5.88 Å². The predicted octanol–water partition coefficient (Wildman–Crippen LogP) is 3.25. The zero-order chi connectivity index (χ0) is 22.7. The molecule has 0 spiro atoms. The van der Waals surface area contributed by atoms with Crippen LogP contribution < -0.4 is 15.0 Å². The van der Waals surface area contributed by atoms with Crippen LogP contribution in [0.1, 0.15) is 10.4 Å². The van der Waals surface area contributed by atoms with E-state index in [0.717, 1.165) is 16.6 Å². The van der Waals surface area contributed by atoms with E-state index in [0.29, 0.717) is 22.9 Å². The summed E-state index contributed by atoms with van der Waals surface area (Å²) in [6.45, 7) is 0. The summed E-state index contributed by atoms with van der Waals surface area (Å²) in [6.07, 6.45) is 6.03. The third kappa shape index (κ3) is 4.06. The Morgan fingerprint density at radius 3 is 2.53 bits per heavy atom. The van der Waals surface area contributed by atoms with Crippen LogP contribution >= 0.6 is 0 Å². The van der Waals surface area contributed by atoms with Gasteiger partial charge in [0.05, 0.1) is 37.8 Å². The van der Waals surface area contributed by atoms with E-state index in [1.165, 1.54) is 19.1 Å². The molecular formula is C22H20N6O4. The van der Waals surface area contributed by atoms with Crippen molar-refractivity contribution in [2.24, 2.45) is 0 Å². The van der Waals surface area contributed by atoms with Gasteiger partial charge < -0.3 is 14.4 Å². The van der Waals surface area contributed by atoms with Gasteiger partial charge in [-0.3, -0.25) is 10.1 Å². The van der Waals surface area contributed by atoms with Gasteiger partial charge in [-0.2, -0.15) is 5.10 Å². The largest absolute Gasteiger partial charge is 0.481 e. The van der Waals surface area contributed by atoms with E-state index >= 15 is 0 Å². The van der Waals surface area contributed by atoms with Crippen molar-refractivity contribution in [1.82, 2.24) is 19.6 Å². The number of nitrogens with zero attached hydrogens (tertiary/aromatic N) is 5. The standard InChI is InChI=1S/C22H20N6O4/c1-27(16-5-7-20(31-2)24-12-16)21(29)14-8-9-28-18(10-14)17(13-25-28)15-4-6-19(23-11-15)26-22(30)32-3/h4-13H,1-3H3,(H,23,26,30). The number of amides is 2. The number of hydrogen-bond acceptors (Lipinski definition) is 7. The molecular weight excluding hydrogens is 412 g/mol. The first-order valence-electron chi connectivity index (χ1n) is 9.57. The van der Waals surface area contributed by atoms with Gasteiger partial charge in [-0.05, 0) is 30.3 Å². The SMILES string of the molecule is COC(=O)Nc1ccc(-c2cnn3ccc(C(=O)N(C)c4ccc(OC)nc4)cc23)cn1. The van der Waals surface area contributed by atoms with Crippen LogP contribution in [0.2, 0.25) is 0 Å². The number of aromatic nitrogens is 4. The minimum absolute atomic E-state index is 0.192. The summed E-state index contributed by atoms with van der Waals surface area (Å²) in [5, 5.41) is 6.86. The van der Waals surface area contributed by atoms with Crippen LogP contribution in [0.5, 0.6) is 5.88 Å². The molecule has 0 aliphatic carbocycles. The van der Waals surface area contributed by atoms with E-state index < -0.39 is 6.09 Å². The van der Waals surface area contributed by atoms with E-state index in [1.807, 2.05) is 0 Å². The first-order chi connectivity index (χ1) is 15.5. The third-order valence-corrected chi connectivity index (χ3v) is 4.88. The Kier molecular flexibility index (Phi) is 5.67. The van der Waals surface area contributed by atoms with Gasteiger partial charge in [0.15, 0.2) is 0 Å². The molecule has 0 aliphatic heterocycles. The number of carbonyl (C=O) groups excluding carboxylic acids is 2. The van der Waals surface area contributed by atoms with Crippen molar-refractivity contribution in [3.8, 4) is 17.0 Å². The number of methoxy groups -OCH3 is 2. The average molecular weight is 432 g/mol. The van der Waals surface area contributed by atoms with Crippen LogP contribution in [0.15, 0.2) is 61.2 Å². The fourth-order valence-electron chi connectivity index (χ4n) is 3.12. The molecule has 0 bridgehead atoms. The van der Waals surface area contributed by atoms with Crippen LogP contribution in [0.3, 0.4) is 0 Å². The predicted molar refractivity (Wildman–Crippen MR) is 118 cm³/mol. The Hall–Kier alpha value is -4.47. The second-order valence-electron chi connectivity index (χ2n) is 6.78. The van der Waals surface area contributed by atoms with Crippen molar-refractivity contribution >= 4 is 29.0 Å². The summed E-state index contributed by atoms with van der Waals surface area (Å²) >= 11 is 0. The Morgan fingerprint density at radius 2 is 1.88 bits per heavy atom. The summed E-state index contributed by atoms with van der Waals surface area (Å²) in [5.41, 5.74) is 3.46. The first kappa shape index (κ1) is 20.8. The van der Waals surface area contributed by atoms with Crippen LogP contribution in [-0.2, 0) is 4.74 Å². The second-order valence-corrected chi connectivity index (χ2v) is 6.78. The molecule has 10 heteroatoms. The van der Waals surface area contributed by atoms with Crippen molar-refractivity contribution in [2.75, 3.05) is 31.5 Å². The van der Waals surface area contributed by atoms with E-state index in [1.54, 1.807) is 72.7 Å². The van der Waals surface area contributed by atoms with Gasteiger partial charge in [-0.1, -0.05) is 0 Å². The highest BCUT2D eigenvalue weighted by atomic mass is 16.5. The number of nitrogens with one attached hydrogen (secondary N) is 1. The normalized spacial score (nSPS) is 10.6. The number of ether oxygens (including phenoxy) is 2. The van der Waals surface area contributed by atoms with Crippen LogP contribution in [0.25, 0.3) is 16.6 Å². The molecule has 162 valence electrons. The highest BCUT2D eigenvalue weighted by Gasteiger charge is 2.16. The minimum Gasteiger partial charge on any atom is -0.481 e. The highest BCUT2D eigenvalue weighted by Crippen LogP contribution is 2.26. The van der Waals surface area contributed by atoms with Gasteiger partial charge in [0, 0.05) is 42.2 Å². The van der Waals surface area contributed by atoms with Crippen molar-refractivity contribution in [3.63, 3.8) is 0 Å². The maximum Gasteiger partial charge on any atom is 0.412 e. The maximum atomic E-state index is 13.1. The molecule has 0 aliphatic rings. The topological polar surface area (TPSA) is 111 Å². The van der Waals surface area contributed by atoms with Crippen LogP contribution in [0.4, 0.5) is 16.3 Å². The van der Waals surface area contributed by atoms with Gasteiger partial charge in [-0.15, -0.1) is 0 Å². The molecule has 10 nitrogen and oxygen atoms in total. The lowest BCUT2D eigenvalue weighted by Gasteiger charge is -2.17. The summed E-state index contributed by atoms with van der Waals surface area (Å²) in [4.78, 5) is 34.3. The molecule has 2 amide bonds. The fourth-order valence-corrected chi connectivity index (χ4v) is 3.12. The summed E-state index contributed by atoms with van der Waals surface area (Å²) in [5.74, 6) is 0.645. The molecule has 0 unspecified atom stereocenters. The van der Waals surface area contributed by atoms with Crippen LogP contribution in [-0.4, -0.2) is 52.8 Å². The van der Waals surface area contributed by atoms with Crippen molar-refractivity contribution in [3.05, 3.63) is 66.7 Å². The number of pyridine rings is 3. The van der Waals surface area contributed by atoms with Gasteiger partial charge in [-0.25, -0.2) is 19.3 Å². The molecule has 4 aromatic rings. The summed E-state index contributed by atoms with van der Waals surface area (Å²) in [6, 6.07) is 10.4. The number of anilines is 2. The summed E-state index contributed by atoms with van der Waals surface area (Å²) < 4.78 is 11.3.